The summed E-state index contributed by atoms with van der Waals surface area (Å²) in [5.74, 6) is 0.825. The van der Waals surface area contributed by atoms with Crippen molar-refractivity contribution in [3.63, 3.8) is 0 Å². The molecule has 0 unspecified atom stereocenters. The first-order valence-corrected chi connectivity index (χ1v) is 11.0. The number of hydrogen-bond donors (Lipinski definition) is 0. The molecule has 0 saturated carbocycles. The van der Waals surface area contributed by atoms with Crippen LogP contribution in [-0.2, 0) is 24.0 Å². The normalized spacial score (nSPS) is 17.5. The van der Waals surface area contributed by atoms with E-state index in [0.29, 0.717) is 6.61 Å². The molecule has 3 aromatic carbocycles. The Kier molecular flexibility index (Phi) is 5.14. The van der Waals surface area contributed by atoms with E-state index in [9.17, 15) is 4.79 Å². The summed E-state index contributed by atoms with van der Waals surface area (Å²) in [6, 6.07) is 20.8. The minimum Gasteiger partial charge on any atom is -0.496 e. The summed E-state index contributed by atoms with van der Waals surface area (Å²) in [6.07, 6.45) is 3.77. The summed E-state index contributed by atoms with van der Waals surface area (Å²) in [5, 5.41) is 0. The van der Waals surface area contributed by atoms with Crippen molar-refractivity contribution in [1.29, 1.82) is 0 Å². The fourth-order valence-corrected chi connectivity index (χ4v) is 4.96. The SMILES string of the molecule is COc1cccc(C)c1-c1cc2c(cc1N1C(=O)OC[C@H]1Cc1ccccc1)CCC2. The van der Waals surface area contributed by atoms with Crippen LogP contribution in [-0.4, -0.2) is 25.9 Å². The second-order valence-corrected chi connectivity index (χ2v) is 8.43. The Morgan fingerprint density at radius 2 is 1.81 bits per heavy atom. The van der Waals surface area contributed by atoms with E-state index in [-0.39, 0.29) is 12.1 Å². The minimum atomic E-state index is -0.271. The highest BCUT2D eigenvalue weighted by Gasteiger charge is 2.37. The molecule has 1 fully saturated rings. The molecule has 0 bridgehead atoms. The zero-order valence-corrected chi connectivity index (χ0v) is 18.1. The van der Waals surface area contributed by atoms with Crippen LogP contribution in [0.2, 0.25) is 0 Å². The third-order valence-corrected chi connectivity index (χ3v) is 6.47. The van der Waals surface area contributed by atoms with Gasteiger partial charge in [-0.25, -0.2) is 4.79 Å². The average molecular weight is 414 g/mol. The van der Waals surface area contributed by atoms with Crippen LogP contribution in [0.3, 0.4) is 0 Å². The molecule has 0 N–H and O–H groups in total. The van der Waals surface area contributed by atoms with Crippen molar-refractivity contribution in [2.75, 3.05) is 18.6 Å². The van der Waals surface area contributed by atoms with Gasteiger partial charge >= 0.3 is 6.09 Å². The summed E-state index contributed by atoms with van der Waals surface area (Å²) < 4.78 is 11.3. The summed E-state index contributed by atoms with van der Waals surface area (Å²) in [6.45, 7) is 2.49. The van der Waals surface area contributed by atoms with Gasteiger partial charge in [0, 0.05) is 11.1 Å². The number of methoxy groups -OCH3 is 1. The van der Waals surface area contributed by atoms with Crippen LogP contribution in [0.4, 0.5) is 10.5 Å². The third kappa shape index (κ3) is 3.56. The fraction of sp³-hybridized carbons (Fsp3) is 0.296. The van der Waals surface area contributed by atoms with Crippen LogP contribution in [0.5, 0.6) is 5.75 Å². The lowest BCUT2D eigenvalue weighted by Crippen LogP contribution is -2.35. The number of anilines is 1. The zero-order valence-electron chi connectivity index (χ0n) is 18.1. The van der Waals surface area contributed by atoms with Gasteiger partial charge in [-0.15, -0.1) is 0 Å². The van der Waals surface area contributed by atoms with Gasteiger partial charge in [-0.05, 0) is 73.1 Å². The van der Waals surface area contributed by atoms with E-state index < -0.39 is 0 Å². The molecule has 3 aromatic rings. The largest absolute Gasteiger partial charge is 0.496 e. The highest BCUT2D eigenvalue weighted by molar-refractivity contribution is 5.97. The summed E-state index contributed by atoms with van der Waals surface area (Å²) in [5.41, 5.74) is 8.07. The van der Waals surface area contributed by atoms with Gasteiger partial charge in [0.15, 0.2) is 0 Å². The van der Waals surface area contributed by atoms with E-state index in [1.807, 2.05) is 35.2 Å². The number of rotatable bonds is 5. The number of cyclic esters (lactones) is 1. The highest BCUT2D eigenvalue weighted by atomic mass is 16.6. The molecule has 31 heavy (non-hydrogen) atoms. The maximum absolute atomic E-state index is 13.0. The van der Waals surface area contributed by atoms with E-state index in [1.165, 1.54) is 16.7 Å². The predicted molar refractivity (Wildman–Crippen MR) is 123 cm³/mol. The van der Waals surface area contributed by atoms with Crippen LogP contribution in [0.25, 0.3) is 11.1 Å². The Bertz CT molecular complexity index is 1120. The molecular formula is C27H27NO3. The molecule has 158 valence electrons. The van der Waals surface area contributed by atoms with E-state index in [0.717, 1.165) is 53.8 Å². The van der Waals surface area contributed by atoms with Gasteiger partial charge in [-0.1, -0.05) is 42.5 Å². The van der Waals surface area contributed by atoms with Crippen molar-refractivity contribution < 1.29 is 14.3 Å². The van der Waals surface area contributed by atoms with Gasteiger partial charge in [-0.2, -0.15) is 0 Å². The number of fused-ring (bicyclic) bond motifs is 1. The molecule has 1 saturated heterocycles. The lowest BCUT2D eigenvalue weighted by atomic mass is 9.93. The topological polar surface area (TPSA) is 38.8 Å². The van der Waals surface area contributed by atoms with E-state index in [2.05, 4.69) is 37.3 Å². The van der Waals surface area contributed by atoms with Crippen LogP contribution >= 0.6 is 0 Å². The predicted octanol–water partition coefficient (Wildman–Crippen LogP) is 5.73. The summed E-state index contributed by atoms with van der Waals surface area (Å²) in [7, 11) is 1.70. The average Bonchev–Trinajstić information content (AvgIpc) is 3.39. The van der Waals surface area contributed by atoms with Crippen LogP contribution in [0.1, 0.15) is 28.7 Å². The monoisotopic (exact) mass is 413 g/mol. The number of aryl methyl sites for hydroxylation is 3. The van der Waals surface area contributed by atoms with E-state index in [4.69, 9.17) is 9.47 Å². The van der Waals surface area contributed by atoms with Crippen LogP contribution in [0, 0.1) is 6.92 Å². The van der Waals surface area contributed by atoms with Gasteiger partial charge in [0.2, 0.25) is 0 Å². The molecule has 1 aliphatic heterocycles. The molecule has 2 aliphatic rings. The lowest BCUT2D eigenvalue weighted by molar-refractivity contribution is 0.178. The molecule has 0 radical (unpaired) electrons. The van der Waals surface area contributed by atoms with Crippen molar-refractivity contribution in [3.05, 3.63) is 82.9 Å². The zero-order chi connectivity index (χ0) is 21.4. The molecule has 4 heteroatoms. The Morgan fingerprint density at radius 3 is 2.58 bits per heavy atom. The van der Waals surface area contributed by atoms with Gasteiger partial charge in [0.05, 0.1) is 18.8 Å². The van der Waals surface area contributed by atoms with Crippen molar-refractivity contribution in [2.24, 2.45) is 0 Å². The second-order valence-electron chi connectivity index (χ2n) is 8.43. The van der Waals surface area contributed by atoms with Crippen molar-refractivity contribution in [2.45, 2.75) is 38.6 Å². The Hall–Kier alpha value is -3.27. The Balaban J connectivity index is 1.65. The molecule has 0 aromatic heterocycles. The summed E-state index contributed by atoms with van der Waals surface area (Å²) >= 11 is 0. The smallest absolute Gasteiger partial charge is 0.414 e. The Labute approximate surface area is 183 Å². The number of carbonyl (C=O) groups is 1. The number of carbonyl (C=O) groups excluding carboxylic acids is 1. The molecule has 1 heterocycles. The molecule has 5 rings (SSSR count). The molecule has 0 spiro atoms. The molecule has 1 amide bonds. The first-order valence-electron chi connectivity index (χ1n) is 11.0. The van der Waals surface area contributed by atoms with Crippen molar-refractivity contribution in [3.8, 4) is 16.9 Å². The number of benzene rings is 3. The standard InChI is InChI=1S/C27H27NO3/c1-18-8-6-13-25(30-2)26(18)23-15-20-11-7-12-21(20)16-24(23)28-22(17-31-27(28)29)14-19-9-4-3-5-10-19/h3-6,8-10,13,15-16,22H,7,11-12,14,17H2,1-2H3/t22-/m1/s1. The maximum Gasteiger partial charge on any atom is 0.414 e. The quantitative estimate of drug-likeness (QED) is 0.536. The maximum atomic E-state index is 13.0. The second kappa shape index (κ2) is 8.10. The summed E-state index contributed by atoms with van der Waals surface area (Å²) in [4.78, 5) is 14.8. The van der Waals surface area contributed by atoms with Crippen molar-refractivity contribution in [1.82, 2.24) is 0 Å². The molecule has 4 nitrogen and oxygen atoms in total. The Morgan fingerprint density at radius 1 is 1.03 bits per heavy atom. The first kappa shape index (κ1) is 19.7. The van der Waals surface area contributed by atoms with Crippen LogP contribution < -0.4 is 9.64 Å². The molecule has 1 aliphatic carbocycles. The number of ether oxygens (including phenoxy) is 2. The van der Waals surface area contributed by atoms with Crippen LogP contribution in [0.15, 0.2) is 60.7 Å². The van der Waals surface area contributed by atoms with Gasteiger partial charge in [0.25, 0.3) is 0 Å². The highest BCUT2D eigenvalue weighted by Crippen LogP contribution is 2.44. The number of amides is 1. The van der Waals surface area contributed by atoms with E-state index >= 15 is 0 Å². The van der Waals surface area contributed by atoms with Crippen molar-refractivity contribution >= 4 is 11.8 Å². The number of nitrogens with zero attached hydrogens (tertiary/aromatic N) is 1. The first-order chi connectivity index (χ1) is 15.2. The minimum absolute atomic E-state index is 0.0388. The molecule has 1 atom stereocenters. The lowest BCUT2D eigenvalue weighted by Gasteiger charge is -2.26. The fourth-order valence-electron chi connectivity index (χ4n) is 4.96. The van der Waals surface area contributed by atoms with Gasteiger partial charge in [-0.3, -0.25) is 4.90 Å². The van der Waals surface area contributed by atoms with Gasteiger partial charge < -0.3 is 9.47 Å². The van der Waals surface area contributed by atoms with E-state index in [1.54, 1.807) is 7.11 Å². The van der Waals surface area contributed by atoms with Gasteiger partial charge in [0.1, 0.15) is 12.4 Å². The molecular weight excluding hydrogens is 386 g/mol. The number of hydrogen-bond acceptors (Lipinski definition) is 3. The third-order valence-electron chi connectivity index (χ3n) is 6.47.